The molecule has 1 aromatic heterocycles. The van der Waals surface area contributed by atoms with Crippen LogP contribution in [0.15, 0.2) is 199 Å². The Balaban J connectivity index is 0.978. The number of hydrogen-bond donors (Lipinski definition) is 0. The Morgan fingerprint density at radius 1 is 0.300 bits per heavy atom. The van der Waals surface area contributed by atoms with Gasteiger partial charge >= 0.3 is 0 Å². The molecule has 0 atom stereocenters. The molecular weight excluding hydrogens is 725 g/mol. The van der Waals surface area contributed by atoms with Crippen molar-refractivity contribution in [2.45, 2.75) is 19.3 Å². The molecule has 13 rings (SSSR count). The molecule has 0 bridgehead atoms. The maximum absolute atomic E-state index is 6.99. The van der Waals surface area contributed by atoms with E-state index < -0.39 is 0 Å². The van der Waals surface area contributed by atoms with Crippen LogP contribution in [-0.2, 0) is 5.41 Å². The minimum absolute atomic E-state index is 0.0845. The third kappa shape index (κ3) is 4.63. The van der Waals surface area contributed by atoms with Gasteiger partial charge in [0.15, 0.2) is 0 Å². The van der Waals surface area contributed by atoms with E-state index in [1.807, 2.05) is 0 Å². The van der Waals surface area contributed by atoms with Crippen molar-refractivity contribution in [2.24, 2.45) is 0 Å². The Kier molecular flexibility index (Phi) is 6.85. The lowest BCUT2D eigenvalue weighted by atomic mass is 9.82. The van der Waals surface area contributed by atoms with Crippen molar-refractivity contribution in [1.82, 2.24) is 0 Å². The zero-order valence-electron chi connectivity index (χ0n) is 33.4. The van der Waals surface area contributed by atoms with Crippen LogP contribution in [0.2, 0.25) is 0 Å². The molecule has 60 heavy (non-hydrogen) atoms. The van der Waals surface area contributed by atoms with Crippen LogP contribution in [0.5, 0.6) is 0 Å². The maximum Gasteiger partial charge on any atom is 0.143 e. The van der Waals surface area contributed by atoms with Crippen LogP contribution in [-0.4, -0.2) is 0 Å². The second kappa shape index (κ2) is 12.3. The third-order valence-electron chi connectivity index (χ3n) is 13.6. The quantitative estimate of drug-likeness (QED) is 0.163. The summed E-state index contributed by atoms with van der Waals surface area (Å²) < 4.78 is 6.99. The molecule has 1 nitrogen and oxygen atoms in total. The highest BCUT2D eigenvalue weighted by atomic mass is 16.3. The first-order valence-electron chi connectivity index (χ1n) is 21.0. The fourth-order valence-electron chi connectivity index (χ4n) is 10.7. The second-order valence-corrected chi connectivity index (χ2v) is 17.2. The fourth-order valence-corrected chi connectivity index (χ4v) is 10.7. The highest BCUT2D eigenvalue weighted by Gasteiger charge is 2.37. The summed E-state index contributed by atoms with van der Waals surface area (Å²) >= 11 is 0. The van der Waals surface area contributed by atoms with E-state index in [0.29, 0.717) is 0 Å². The first-order chi connectivity index (χ1) is 29.5. The Morgan fingerprint density at radius 2 is 0.783 bits per heavy atom. The lowest BCUT2D eigenvalue weighted by Gasteiger charge is -2.21. The van der Waals surface area contributed by atoms with Crippen molar-refractivity contribution in [3.8, 4) is 44.5 Å². The number of rotatable bonds is 3. The molecule has 1 heteroatoms. The van der Waals surface area contributed by atoms with Gasteiger partial charge in [0, 0.05) is 27.1 Å². The summed E-state index contributed by atoms with van der Waals surface area (Å²) in [6.07, 6.45) is 0. The van der Waals surface area contributed by atoms with Gasteiger partial charge in [-0.15, -0.1) is 0 Å². The van der Waals surface area contributed by atoms with Crippen molar-refractivity contribution >= 4 is 75.8 Å². The summed E-state index contributed by atoms with van der Waals surface area (Å²) in [6.45, 7) is 4.66. The Hall–Kier alpha value is -7.48. The van der Waals surface area contributed by atoms with Crippen molar-refractivity contribution < 1.29 is 4.42 Å². The van der Waals surface area contributed by atoms with Crippen LogP contribution in [0.3, 0.4) is 0 Å². The fraction of sp³-hybridized carbons (Fsp3) is 0.0508. The molecule has 0 spiro atoms. The first-order valence-corrected chi connectivity index (χ1v) is 21.0. The standard InChI is InChI=1S/C59H38O/c1-59(2)52-22-12-11-21-49(52)56-53(59)30-29-48-51-34-50(42-15-5-10-20-47(42)57(51)60-58(48)56)39-26-24-38-33-41(28-25-37(38)31-39)55-45-18-8-6-16-43(45)54(44-17-7-9-19-46(44)55)40-27-23-35-13-3-4-14-36(35)32-40/h3-34H,1-2H3. The van der Waals surface area contributed by atoms with Crippen molar-refractivity contribution in [3.05, 3.63) is 205 Å². The van der Waals surface area contributed by atoms with Gasteiger partial charge in [-0.25, -0.2) is 0 Å². The summed E-state index contributed by atoms with van der Waals surface area (Å²) in [6, 6.07) is 71.9. The van der Waals surface area contributed by atoms with Crippen LogP contribution < -0.4 is 0 Å². The average Bonchev–Trinajstić information content (AvgIpc) is 3.79. The van der Waals surface area contributed by atoms with E-state index in [-0.39, 0.29) is 5.41 Å². The normalized spacial score (nSPS) is 13.3. The number of fused-ring (bicyclic) bond motifs is 13. The van der Waals surface area contributed by atoms with Crippen LogP contribution in [0, 0.1) is 0 Å². The lowest BCUT2D eigenvalue weighted by Crippen LogP contribution is -2.14. The molecule has 0 saturated heterocycles. The monoisotopic (exact) mass is 762 g/mol. The van der Waals surface area contributed by atoms with Crippen molar-refractivity contribution in [2.75, 3.05) is 0 Å². The van der Waals surface area contributed by atoms with Crippen LogP contribution in [0.25, 0.3) is 120 Å². The Labute approximate surface area is 347 Å². The predicted molar refractivity (Wildman–Crippen MR) is 255 cm³/mol. The predicted octanol–water partition coefficient (Wildman–Crippen LogP) is 16.7. The van der Waals surface area contributed by atoms with Gasteiger partial charge in [-0.05, 0) is 123 Å². The molecular formula is C59H38O. The molecule has 1 aliphatic carbocycles. The zero-order chi connectivity index (χ0) is 39.7. The van der Waals surface area contributed by atoms with E-state index in [9.17, 15) is 0 Å². The Morgan fingerprint density at radius 3 is 1.45 bits per heavy atom. The van der Waals surface area contributed by atoms with Gasteiger partial charge in [0.2, 0.25) is 0 Å². The van der Waals surface area contributed by atoms with E-state index in [1.54, 1.807) is 0 Å². The molecule has 0 amide bonds. The van der Waals surface area contributed by atoms with E-state index in [2.05, 4.69) is 208 Å². The van der Waals surface area contributed by atoms with Crippen LogP contribution >= 0.6 is 0 Å². The van der Waals surface area contributed by atoms with Crippen LogP contribution in [0.4, 0.5) is 0 Å². The molecule has 0 N–H and O–H groups in total. The maximum atomic E-state index is 6.99. The summed E-state index contributed by atoms with van der Waals surface area (Å²) in [5, 5.41) is 14.7. The summed E-state index contributed by atoms with van der Waals surface area (Å²) in [5.74, 6) is 0. The summed E-state index contributed by atoms with van der Waals surface area (Å²) in [4.78, 5) is 0. The zero-order valence-corrected chi connectivity index (χ0v) is 33.4. The Bertz CT molecular complexity index is 3750. The molecule has 0 saturated carbocycles. The SMILES string of the molecule is CC1(C)c2ccccc2-c2c1ccc1c2oc2c3ccccc3c(-c3ccc4cc(-c5c6ccccc6c(-c6ccc7ccccc7c6)c6ccccc56)ccc4c3)cc12. The van der Waals surface area contributed by atoms with Gasteiger partial charge in [0.05, 0.1) is 0 Å². The van der Waals surface area contributed by atoms with Gasteiger partial charge in [-0.2, -0.15) is 0 Å². The average molecular weight is 763 g/mol. The summed E-state index contributed by atoms with van der Waals surface area (Å²) in [5.41, 5.74) is 14.5. The topological polar surface area (TPSA) is 13.1 Å². The minimum atomic E-state index is -0.0845. The van der Waals surface area contributed by atoms with Gasteiger partial charge in [-0.3, -0.25) is 0 Å². The minimum Gasteiger partial charge on any atom is -0.455 e. The van der Waals surface area contributed by atoms with Crippen LogP contribution in [0.1, 0.15) is 25.0 Å². The van der Waals surface area contributed by atoms with Crippen molar-refractivity contribution in [1.29, 1.82) is 0 Å². The molecule has 11 aromatic carbocycles. The molecule has 0 aliphatic heterocycles. The number of furan rings is 1. The first kappa shape index (κ1) is 33.5. The third-order valence-corrected chi connectivity index (χ3v) is 13.6. The molecule has 0 radical (unpaired) electrons. The molecule has 1 aliphatic rings. The molecule has 12 aromatic rings. The molecule has 280 valence electrons. The smallest absolute Gasteiger partial charge is 0.143 e. The molecule has 0 unspecified atom stereocenters. The van der Waals surface area contributed by atoms with Crippen molar-refractivity contribution in [3.63, 3.8) is 0 Å². The van der Waals surface area contributed by atoms with E-state index in [0.717, 1.165) is 21.9 Å². The largest absolute Gasteiger partial charge is 0.455 e. The second-order valence-electron chi connectivity index (χ2n) is 17.2. The van der Waals surface area contributed by atoms with Gasteiger partial charge in [0.1, 0.15) is 11.2 Å². The van der Waals surface area contributed by atoms with Gasteiger partial charge < -0.3 is 4.42 Å². The summed E-state index contributed by atoms with van der Waals surface area (Å²) in [7, 11) is 0. The van der Waals surface area contributed by atoms with Gasteiger partial charge in [-0.1, -0.05) is 184 Å². The highest BCUT2D eigenvalue weighted by Crippen LogP contribution is 2.53. The molecule has 0 fully saturated rings. The molecule has 1 heterocycles. The van der Waals surface area contributed by atoms with E-state index in [1.165, 1.54) is 109 Å². The highest BCUT2D eigenvalue weighted by molar-refractivity contribution is 6.23. The van der Waals surface area contributed by atoms with E-state index >= 15 is 0 Å². The van der Waals surface area contributed by atoms with E-state index in [4.69, 9.17) is 4.42 Å². The lowest BCUT2D eigenvalue weighted by molar-refractivity contribution is 0.654. The van der Waals surface area contributed by atoms with Gasteiger partial charge in [0.25, 0.3) is 0 Å². The number of benzene rings is 11. The number of hydrogen-bond acceptors (Lipinski definition) is 1.